The van der Waals surface area contributed by atoms with Gasteiger partial charge in [-0.25, -0.2) is 0 Å². The lowest BCUT2D eigenvalue weighted by molar-refractivity contribution is -0.132. The Kier molecular flexibility index (Phi) is 7.16. The van der Waals surface area contributed by atoms with Gasteiger partial charge in [0.25, 0.3) is 0 Å². The van der Waals surface area contributed by atoms with E-state index in [1.54, 1.807) is 7.05 Å². The molecule has 0 spiro atoms. The van der Waals surface area contributed by atoms with Gasteiger partial charge in [-0.3, -0.25) is 9.89 Å². The molecule has 1 saturated heterocycles. The third kappa shape index (κ3) is 5.81. The number of morpholine rings is 1. The van der Waals surface area contributed by atoms with Crippen molar-refractivity contribution in [3.05, 3.63) is 0 Å². The highest BCUT2D eigenvalue weighted by atomic mass is 19.4. The molecule has 24 heavy (non-hydrogen) atoms. The highest BCUT2D eigenvalue weighted by Crippen LogP contribution is 2.33. The van der Waals surface area contributed by atoms with Crippen molar-refractivity contribution in [1.82, 2.24) is 15.5 Å². The Labute approximate surface area is 142 Å². The topological polar surface area (TPSA) is 48.9 Å². The van der Waals surface area contributed by atoms with Crippen LogP contribution in [0.5, 0.6) is 0 Å². The Morgan fingerprint density at radius 1 is 1.12 bits per heavy atom. The molecule has 2 rings (SSSR count). The molecular weight excluding hydrogens is 321 g/mol. The first-order valence-electron chi connectivity index (χ1n) is 8.79. The Hall–Kier alpha value is -1.02. The zero-order valence-corrected chi connectivity index (χ0v) is 14.4. The van der Waals surface area contributed by atoms with E-state index in [-0.39, 0.29) is 12.1 Å². The summed E-state index contributed by atoms with van der Waals surface area (Å²) >= 11 is 0. The van der Waals surface area contributed by atoms with Crippen LogP contribution in [0.25, 0.3) is 0 Å². The molecule has 8 heteroatoms. The largest absolute Gasteiger partial charge is 0.390 e. The van der Waals surface area contributed by atoms with Gasteiger partial charge in [0.05, 0.1) is 19.6 Å². The van der Waals surface area contributed by atoms with Gasteiger partial charge >= 0.3 is 6.18 Å². The number of halogens is 3. The van der Waals surface area contributed by atoms with Crippen molar-refractivity contribution in [2.24, 2.45) is 4.99 Å². The van der Waals surface area contributed by atoms with Crippen LogP contribution < -0.4 is 10.6 Å². The summed E-state index contributed by atoms with van der Waals surface area (Å²) in [6.07, 6.45) is 0.856. The van der Waals surface area contributed by atoms with Crippen LogP contribution in [0.15, 0.2) is 4.99 Å². The first-order valence-corrected chi connectivity index (χ1v) is 8.79. The molecule has 2 fully saturated rings. The number of guanidine groups is 1. The first kappa shape index (κ1) is 19.3. The summed E-state index contributed by atoms with van der Waals surface area (Å²) in [7, 11) is 1.59. The van der Waals surface area contributed by atoms with Crippen molar-refractivity contribution in [1.29, 1.82) is 0 Å². The lowest BCUT2D eigenvalue weighted by Crippen LogP contribution is -2.60. The third-order valence-electron chi connectivity index (χ3n) is 4.98. The monoisotopic (exact) mass is 350 g/mol. The molecule has 1 aliphatic carbocycles. The lowest BCUT2D eigenvalue weighted by Gasteiger charge is -2.48. The Morgan fingerprint density at radius 2 is 1.79 bits per heavy atom. The van der Waals surface area contributed by atoms with Crippen molar-refractivity contribution in [3.63, 3.8) is 0 Å². The number of hydrogen-bond donors (Lipinski definition) is 2. The van der Waals surface area contributed by atoms with Gasteiger partial charge in [-0.1, -0.05) is 19.3 Å². The molecule has 2 N–H and O–H groups in total. The SMILES string of the molecule is CN=C(NCCC(F)(F)F)NCC1(N2CCOCC2)CCCCC1. The zero-order valence-electron chi connectivity index (χ0n) is 14.4. The van der Waals surface area contributed by atoms with Crippen LogP contribution in [-0.2, 0) is 4.74 Å². The van der Waals surface area contributed by atoms with Crippen molar-refractivity contribution >= 4 is 5.96 Å². The summed E-state index contributed by atoms with van der Waals surface area (Å²) in [5.41, 5.74) is 0.0592. The molecular formula is C16H29F3N4O. The van der Waals surface area contributed by atoms with Crippen LogP contribution in [0.2, 0.25) is 0 Å². The average molecular weight is 350 g/mol. The fourth-order valence-electron chi connectivity index (χ4n) is 3.64. The second-order valence-corrected chi connectivity index (χ2v) is 6.60. The number of aliphatic imine (C=N–C) groups is 1. The molecule has 1 aliphatic heterocycles. The summed E-state index contributed by atoms with van der Waals surface area (Å²) < 4.78 is 42.3. The summed E-state index contributed by atoms with van der Waals surface area (Å²) in [4.78, 5) is 6.54. The van der Waals surface area contributed by atoms with Crippen molar-refractivity contribution < 1.29 is 17.9 Å². The fourth-order valence-corrected chi connectivity index (χ4v) is 3.64. The molecule has 2 aliphatic rings. The summed E-state index contributed by atoms with van der Waals surface area (Å²) in [6.45, 7) is 3.89. The van der Waals surface area contributed by atoms with Crippen LogP contribution in [0.1, 0.15) is 38.5 Å². The first-order chi connectivity index (χ1) is 11.5. The van der Waals surface area contributed by atoms with E-state index in [0.29, 0.717) is 12.5 Å². The minimum atomic E-state index is -4.15. The quantitative estimate of drug-likeness (QED) is 0.589. The van der Waals surface area contributed by atoms with Crippen molar-refractivity contribution in [2.45, 2.75) is 50.2 Å². The second-order valence-electron chi connectivity index (χ2n) is 6.60. The molecule has 0 aromatic carbocycles. The van der Waals surface area contributed by atoms with E-state index in [2.05, 4.69) is 20.5 Å². The molecule has 0 aromatic heterocycles. The van der Waals surface area contributed by atoms with Gasteiger partial charge in [0.2, 0.25) is 0 Å². The van der Waals surface area contributed by atoms with E-state index in [4.69, 9.17) is 4.74 Å². The minimum Gasteiger partial charge on any atom is -0.379 e. The number of hydrogen-bond acceptors (Lipinski definition) is 3. The van der Waals surface area contributed by atoms with Crippen LogP contribution in [-0.4, -0.2) is 69.0 Å². The molecule has 5 nitrogen and oxygen atoms in total. The second kappa shape index (κ2) is 8.89. The molecule has 0 amide bonds. The molecule has 0 atom stereocenters. The number of alkyl halides is 3. The molecule has 140 valence electrons. The highest BCUT2D eigenvalue weighted by Gasteiger charge is 2.38. The number of nitrogens with zero attached hydrogens (tertiary/aromatic N) is 2. The summed E-state index contributed by atoms with van der Waals surface area (Å²) in [6, 6.07) is 0. The van der Waals surface area contributed by atoms with Crippen LogP contribution in [0.4, 0.5) is 13.2 Å². The van der Waals surface area contributed by atoms with E-state index >= 15 is 0 Å². The maximum absolute atomic E-state index is 12.3. The predicted molar refractivity (Wildman–Crippen MR) is 88.2 cm³/mol. The molecule has 0 aromatic rings. The van der Waals surface area contributed by atoms with E-state index in [0.717, 1.165) is 39.1 Å². The lowest BCUT2D eigenvalue weighted by atomic mass is 9.80. The molecule has 0 bridgehead atoms. The van der Waals surface area contributed by atoms with Gasteiger partial charge in [-0.05, 0) is 12.8 Å². The van der Waals surface area contributed by atoms with Gasteiger partial charge < -0.3 is 15.4 Å². The Bertz CT molecular complexity index is 403. The predicted octanol–water partition coefficient (Wildman–Crippen LogP) is 2.14. The van der Waals surface area contributed by atoms with Crippen molar-refractivity contribution in [3.8, 4) is 0 Å². The van der Waals surface area contributed by atoms with Crippen LogP contribution in [0, 0.1) is 0 Å². The van der Waals surface area contributed by atoms with E-state index < -0.39 is 12.6 Å². The van der Waals surface area contributed by atoms with E-state index in [9.17, 15) is 13.2 Å². The molecule has 0 unspecified atom stereocenters. The van der Waals surface area contributed by atoms with Crippen LogP contribution in [0.3, 0.4) is 0 Å². The summed E-state index contributed by atoms with van der Waals surface area (Å²) in [5, 5.41) is 6.01. The molecule has 1 saturated carbocycles. The summed E-state index contributed by atoms with van der Waals surface area (Å²) in [5.74, 6) is 0.442. The zero-order chi connectivity index (χ0) is 17.5. The molecule has 1 heterocycles. The van der Waals surface area contributed by atoms with Gasteiger partial charge in [0, 0.05) is 38.8 Å². The van der Waals surface area contributed by atoms with Crippen molar-refractivity contribution in [2.75, 3.05) is 46.4 Å². The Balaban J connectivity index is 1.88. The average Bonchev–Trinajstić information content (AvgIpc) is 2.58. The van der Waals surface area contributed by atoms with Gasteiger partial charge in [-0.2, -0.15) is 13.2 Å². The third-order valence-corrected chi connectivity index (χ3v) is 4.98. The number of ether oxygens (including phenoxy) is 1. The maximum atomic E-state index is 12.3. The van der Waals surface area contributed by atoms with Gasteiger partial charge in [0.1, 0.15) is 0 Å². The Morgan fingerprint density at radius 3 is 2.38 bits per heavy atom. The number of rotatable bonds is 5. The minimum absolute atomic E-state index is 0.0592. The smallest absolute Gasteiger partial charge is 0.379 e. The van der Waals surface area contributed by atoms with E-state index in [1.807, 2.05) is 0 Å². The standard InChI is InChI=1S/C16H29F3N4O/c1-20-14(21-8-7-16(17,18)19)22-13-15(5-3-2-4-6-15)23-9-11-24-12-10-23/h2-13H2,1H3,(H2,20,21,22). The van der Waals surface area contributed by atoms with E-state index in [1.165, 1.54) is 19.3 Å². The number of nitrogens with one attached hydrogen (secondary N) is 2. The van der Waals surface area contributed by atoms with Gasteiger partial charge in [-0.15, -0.1) is 0 Å². The maximum Gasteiger partial charge on any atom is 0.390 e. The van der Waals surface area contributed by atoms with Gasteiger partial charge in [0.15, 0.2) is 5.96 Å². The highest BCUT2D eigenvalue weighted by molar-refractivity contribution is 5.79. The van der Waals surface area contributed by atoms with Crippen LogP contribution >= 0.6 is 0 Å². The molecule has 0 radical (unpaired) electrons. The fraction of sp³-hybridized carbons (Fsp3) is 0.938. The normalized spacial score (nSPS) is 23.1.